The van der Waals surface area contributed by atoms with Gasteiger partial charge < -0.3 is 5.32 Å². The molecule has 0 aliphatic heterocycles. The Morgan fingerprint density at radius 1 is 1.15 bits per heavy atom. The first-order valence-corrected chi connectivity index (χ1v) is 8.80. The number of aromatic nitrogens is 7. The molecule has 8 nitrogen and oxygen atoms in total. The van der Waals surface area contributed by atoms with Crippen molar-refractivity contribution in [2.24, 2.45) is 7.05 Å². The predicted molar refractivity (Wildman–Crippen MR) is 104 cm³/mol. The topological polar surface area (TPSA) is 97.2 Å². The van der Waals surface area contributed by atoms with Crippen molar-refractivity contribution in [3.05, 3.63) is 48.2 Å². The summed E-state index contributed by atoms with van der Waals surface area (Å²) in [7, 11) is 1.87. The van der Waals surface area contributed by atoms with E-state index in [1.807, 2.05) is 19.2 Å². The number of nitrogens with one attached hydrogen (secondary N) is 2. The molecule has 0 unspecified atom stereocenters. The van der Waals surface area contributed by atoms with Crippen LogP contribution in [0.25, 0.3) is 22.4 Å². The maximum absolute atomic E-state index is 4.72. The normalized spacial score (nSPS) is 11.9. The van der Waals surface area contributed by atoms with Gasteiger partial charge in [0.05, 0.1) is 29.5 Å². The molecule has 0 saturated heterocycles. The van der Waals surface area contributed by atoms with E-state index in [4.69, 9.17) is 4.98 Å². The second-order valence-corrected chi connectivity index (χ2v) is 7.52. The summed E-state index contributed by atoms with van der Waals surface area (Å²) in [6.07, 6.45) is 5.25. The van der Waals surface area contributed by atoms with Crippen molar-refractivity contribution in [3.63, 3.8) is 0 Å². The number of aryl methyl sites for hydroxylation is 1. The van der Waals surface area contributed by atoms with E-state index in [0.29, 0.717) is 12.4 Å². The molecule has 4 aromatic heterocycles. The average Bonchev–Trinajstić information content (AvgIpc) is 3.28. The van der Waals surface area contributed by atoms with E-state index in [9.17, 15) is 0 Å². The number of nitrogens with zero attached hydrogens (tertiary/aromatic N) is 6. The summed E-state index contributed by atoms with van der Waals surface area (Å²) in [5, 5.41) is 16.1. The number of pyridine rings is 1. The van der Waals surface area contributed by atoms with Gasteiger partial charge in [-0.3, -0.25) is 14.8 Å². The van der Waals surface area contributed by atoms with E-state index in [2.05, 4.69) is 57.4 Å². The average molecular weight is 362 g/mol. The minimum absolute atomic E-state index is 0.00873. The summed E-state index contributed by atoms with van der Waals surface area (Å²) in [4.78, 5) is 13.4. The van der Waals surface area contributed by atoms with Crippen LogP contribution in [0.15, 0.2) is 36.8 Å². The number of rotatable bonds is 4. The van der Waals surface area contributed by atoms with Gasteiger partial charge in [0, 0.05) is 30.4 Å². The molecule has 0 radical (unpaired) electrons. The molecular weight excluding hydrogens is 340 g/mol. The van der Waals surface area contributed by atoms with Crippen molar-refractivity contribution in [2.75, 3.05) is 5.32 Å². The summed E-state index contributed by atoms with van der Waals surface area (Å²) < 4.78 is 1.75. The fraction of sp³-hybridized carbons (Fsp3) is 0.316. The van der Waals surface area contributed by atoms with Gasteiger partial charge in [-0.1, -0.05) is 20.8 Å². The van der Waals surface area contributed by atoms with Crippen LogP contribution in [0.3, 0.4) is 0 Å². The zero-order chi connectivity index (χ0) is 19.0. The van der Waals surface area contributed by atoms with Crippen molar-refractivity contribution >= 4 is 16.9 Å². The Kier molecular flexibility index (Phi) is 4.10. The third-order valence-electron chi connectivity index (χ3n) is 4.38. The van der Waals surface area contributed by atoms with Crippen molar-refractivity contribution in [3.8, 4) is 11.4 Å². The standard InChI is InChI=1S/C19H22N8/c1-19(2,3)15-9-13(25-26-15)10-21-17-14-11-22-27(4)18(14)24-16(23-17)12-5-7-20-8-6-12/h5-9,11H,10H2,1-4H3,(H,25,26)(H,21,23,24). The monoisotopic (exact) mass is 362 g/mol. The third kappa shape index (κ3) is 3.38. The second kappa shape index (κ2) is 6.46. The van der Waals surface area contributed by atoms with Gasteiger partial charge >= 0.3 is 0 Å². The van der Waals surface area contributed by atoms with Crippen LogP contribution >= 0.6 is 0 Å². The fourth-order valence-corrected chi connectivity index (χ4v) is 2.80. The summed E-state index contributed by atoms with van der Waals surface area (Å²) in [6.45, 7) is 7.01. The maximum Gasteiger partial charge on any atom is 0.164 e. The molecule has 0 saturated carbocycles. The van der Waals surface area contributed by atoms with Crippen LogP contribution in [0.5, 0.6) is 0 Å². The molecule has 0 aliphatic rings. The number of fused-ring (bicyclic) bond motifs is 1. The van der Waals surface area contributed by atoms with Crippen LogP contribution in [-0.2, 0) is 19.0 Å². The minimum Gasteiger partial charge on any atom is -0.364 e. The Morgan fingerprint density at radius 3 is 2.63 bits per heavy atom. The molecule has 4 aromatic rings. The van der Waals surface area contributed by atoms with Gasteiger partial charge in [0.15, 0.2) is 11.5 Å². The Bertz CT molecular complexity index is 1070. The quantitative estimate of drug-likeness (QED) is 0.579. The Labute approximate surface area is 157 Å². The molecule has 4 rings (SSSR count). The first kappa shape index (κ1) is 17.1. The van der Waals surface area contributed by atoms with Gasteiger partial charge in [0.2, 0.25) is 0 Å². The van der Waals surface area contributed by atoms with Crippen LogP contribution in [0.1, 0.15) is 32.2 Å². The smallest absolute Gasteiger partial charge is 0.164 e. The lowest BCUT2D eigenvalue weighted by Crippen LogP contribution is -2.11. The highest BCUT2D eigenvalue weighted by Gasteiger charge is 2.18. The second-order valence-electron chi connectivity index (χ2n) is 7.52. The lowest BCUT2D eigenvalue weighted by molar-refractivity contribution is 0.567. The molecule has 0 aromatic carbocycles. The van der Waals surface area contributed by atoms with E-state index in [1.54, 1.807) is 23.3 Å². The number of anilines is 1. The highest BCUT2D eigenvalue weighted by atomic mass is 15.3. The summed E-state index contributed by atoms with van der Waals surface area (Å²) in [5.41, 5.74) is 3.73. The van der Waals surface area contributed by atoms with E-state index in [1.165, 1.54) is 0 Å². The lowest BCUT2D eigenvalue weighted by atomic mass is 9.92. The molecule has 0 amide bonds. The van der Waals surface area contributed by atoms with Gasteiger partial charge in [0.25, 0.3) is 0 Å². The molecule has 0 fully saturated rings. The van der Waals surface area contributed by atoms with Crippen molar-refractivity contribution < 1.29 is 0 Å². The molecule has 4 heterocycles. The largest absolute Gasteiger partial charge is 0.364 e. The van der Waals surface area contributed by atoms with E-state index >= 15 is 0 Å². The number of hydrogen-bond donors (Lipinski definition) is 2. The lowest BCUT2D eigenvalue weighted by Gasteiger charge is -2.13. The van der Waals surface area contributed by atoms with Gasteiger partial charge in [-0.25, -0.2) is 9.97 Å². The first-order chi connectivity index (χ1) is 12.9. The molecule has 0 spiro atoms. The first-order valence-electron chi connectivity index (χ1n) is 8.80. The minimum atomic E-state index is 0.00873. The Balaban J connectivity index is 1.67. The number of aromatic amines is 1. The zero-order valence-corrected chi connectivity index (χ0v) is 15.9. The SMILES string of the molecule is Cn1ncc2c(NCc3cc(C(C)(C)C)n[nH]3)nc(-c3ccncc3)nc21. The zero-order valence-electron chi connectivity index (χ0n) is 15.9. The van der Waals surface area contributed by atoms with Crippen LogP contribution in [0.2, 0.25) is 0 Å². The molecule has 27 heavy (non-hydrogen) atoms. The van der Waals surface area contributed by atoms with Crippen molar-refractivity contribution in [1.29, 1.82) is 0 Å². The summed E-state index contributed by atoms with van der Waals surface area (Å²) in [6, 6.07) is 5.87. The van der Waals surface area contributed by atoms with Gasteiger partial charge in [-0.15, -0.1) is 0 Å². The van der Waals surface area contributed by atoms with Gasteiger partial charge in [-0.05, 0) is 18.2 Å². The number of hydrogen-bond acceptors (Lipinski definition) is 6. The van der Waals surface area contributed by atoms with Gasteiger partial charge in [-0.2, -0.15) is 10.2 Å². The maximum atomic E-state index is 4.72. The molecular formula is C19H22N8. The molecule has 0 bridgehead atoms. The van der Waals surface area contributed by atoms with Gasteiger partial charge in [0.1, 0.15) is 5.82 Å². The molecule has 8 heteroatoms. The fourth-order valence-electron chi connectivity index (χ4n) is 2.80. The highest BCUT2D eigenvalue weighted by Crippen LogP contribution is 2.25. The summed E-state index contributed by atoms with van der Waals surface area (Å²) >= 11 is 0. The third-order valence-corrected chi connectivity index (χ3v) is 4.38. The van der Waals surface area contributed by atoms with E-state index in [0.717, 1.165) is 33.8 Å². The highest BCUT2D eigenvalue weighted by molar-refractivity contribution is 5.88. The van der Waals surface area contributed by atoms with Crippen molar-refractivity contribution in [2.45, 2.75) is 32.7 Å². The van der Waals surface area contributed by atoms with Crippen LogP contribution in [0.4, 0.5) is 5.82 Å². The van der Waals surface area contributed by atoms with Crippen LogP contribution in [0, 0.1) is 0 Å². The molecule has 138 valence electrons. The van der Waals surface area contributed by atoms with Crippen LogP contribution < -0.4 is 5.32 Å². The van der Waals surface area contributed by atoms with E-state index in [-0.39, 0.29) is 5.41 Å². The Morgan fingerprint density at radius 2 is 1.93 bits per heavy atom. The van der Waals surface area contributed by atoms with E-state index < -0.39 is 0 Å². The number of H-pyrrole nitrogens is 1. The molecule has 2 N–H and O–H groups in total. The Hall–Kier alpha value is -3.29. The van der Waals surface area contributed by atoms with Crippen LogP contribution in [-0.4, -0.2) is 34.9 Å². The predicted octanol–water partition coefficient (Wildman–Crippen LogP) is 3.06. The molecule has 0 atom stereocenters. The van der Waals surface area contributed by atoms with Crippen molar-refractivity contribution in [1.82, 2.24) is 34.9 Å². The summed E-state index contributed by atoms with van der Waals surface area (Å²) in [5.74, 6) is 1.38. The molecule has 0 aliphatic carbocycles.